The van der Waals surface area contributed by atoms with Gasteiger partial charge in [-0.2, -0.15) is 0 Å². The smallest absolute Gasteiger partial charge is 0.133 e. The van der Waals surface area contributed by atoms with E-state index in [9.17, 15) is 0 Å². The molecule has 0 aromatic carbocycles. The zero-order valence-electron chi connectivity index (χ0n) is 6.02. The van der Waals surface area contributed by atoms with Crippen LogP contribution in [0.2, 0.25) is 0 Å². The molecule has 0 unspecified atom stereocenters. The summed E-state index contributed by atoms with van der Waals surface area (Å²) in [7, 11) is 3.92. The fourth-order valence-corrected chi connectivity index (χ4v) is 0.375. The lowest BCUT2D eigenvalue weighted by molar-refractivity contribution is -0.815. The predicted octanol–water partition coefficient (Wildman–Crippen LogP) is 0.0148. The molecule has 0 fully saturated rings. The molecular weight excluding hydrogens is 114 g/mol. The van der Waals surface area contributed by atoms with E-state index in [0.717, 1.165) is 6.54 Å². The molecule has 0 spiro atoms. The molecule has 0 radical (unpaired) electrons. The van der Waals surface area contributed by atoms with Crippen molar-refractivity contribution >= 4 is 0 Å². The highest BCUT2D eigenvalue weighted by Gasteiger charge is 2.05. The Balaban J connectivity index is 0. The third kappa shape index (κ3) is 5.09. The van der Waals surface area contributed by atoms with Gasteiger partial charge >= 0.3 is 0 Å². The topological polar surface area (TPSA) is 31.5 Å². The van der Waals surface area contributed by atoms with Crippen LogP contribution >= 0.6 is 0 Å². The maximum Gasteiger partial charge on any atom is 0.133 e. The average molecular weight is 128 g/mol. The van der Waals surface area contributed by atoms with Crippen LogP contribution in [0.5, 0.6) is 0 Å². The van der Waals surface area contributed by atoms with Gasteiger partial charge in [-0.3, -0.25) is 0 Å². The van der Waals surface area contributed by atoms with Crippen molar-refractivity contribution in [2.24, 2.45) is 0 Å². The van der Waals surface area contributed by atoms with Gasteiger partial charge in [-0.15, -0.1) is 0 Å². The Morgan fingerprint density at radius 3 is 2.22 bits per heavy atom. The minimum Gasteiger partial charge on any atom is -0.412 e. The molecule has 0 aliphatic heterocycles. The molecule has 0 bridgehead atoms. The van der Waals surface area contributed by atoms with Crippen molar-refractivity contribution in [3.63, 3.8) is 0 Å². The zero-order chi connectivity index (χ0) is 6.62. The summed E-state index contributed by atoms with van der Waals surface area (Å²) in [5, 5.41) is 0. The van der Waals surface area contributed by atoms with Gasteiger partial charge in [0.1, 0.15) is 12.6 Å². The molecular formula is C7H14NO+. The first-order valence-electron chi connectivity index (χ1n) is 2.54. The third-order valence-electron chi connectivity index (χ3n) is 0.935. The lowest BCUT2D eigenvalue weighted by Crippen LogP contribution is -2.33. The molecule has 0 rings (SSSR count). The summed E-state index contributed by atoms with van der Waals surface area (Å²) in [4.78, 5) is 0. The minimum atomic E-state index is 0. The van der Waals surface area contributed by atoms with Crippen LogP contribution < -0.4 is 0 Å². The highest BCUT2D eigenvalue weighted by molar-refractivity contribution is 4.74. The van der Waals surface area contributed by atoms with E-state index in [2.05, 4.69) is 12.6 Å². The molecule has 0 aromatic heterocycles. The standard InChI is InChI=1S/C7H12N.H2O/c1-5-7-8(3,4)6-2;/h2,5H,1,7H2,3-4H3;1H2/q+1;. The molecule has 0 amide bonds. The van der Waals surface area contributed by atoms with Gasteiger partial charge in [-0.25, -0.2) is 4.48 Å². The van der Waals surface area contributed by atoms with Crippen LogP contribution in [0.4, 0.5) is 0 Å². The van der Waals surface area contributed by atoms with E-state index >= 15 is 0 Å². The first kappa shape index (κ1) is 11.1. The molecule has 0 saturated carbocycles. The predicted molar refractivity (Wildman–Crippen MR) is 39.6 cm³/mol. The van der Waals surface area contributed by atoms with E-state index in [0.29, 0.717) is 4.48 Å². The molecule has 0 aliphatic rings. The van der Waals surface area contributed by atoms with Crippen LogP contribution in [0.3, 0.4) is 0 Å². The monoisotopic (exact) mass is 128 g/mol. The number of rotatable bonds is 2. The van der Waals surface area contributed by atoms with Crippen molar-refractivity contribution in [1.29, 1.82) is 0 Å². The summed E-state index contributed by atoms with van der Waals surface area (Å²) < 4.78 is 0.573. The third-order valence-corrected chi connectivity index (χ3v) is 0.935. The minimum absolute atomic E-state index is 0. The summed E-state index contributed by atoms with van der Waals surface area (Å²) in [5.41, 5.74) is 0. The second-order valence-corrected chi connectivity index (χ2v) is 2.29. The van der Waals surface area contributed by atoms with Gasteiger partial charge in [0, 0.05) is 0 Å². The van der Waals surface area contributed by atoms with Crippen LogP contribution in [0.25, 0.3) is 0 Å². The number of quaternary nitrogens is 1. The molecule has 2 heteroatoms. The maximum absolute atomic E-state index is 5.17. The van der Waals surface area contributed by atoms with E-state index in [4.69, 9.17) is 6.42 Å². The number of hydrogen-bond donors (Lipinski definition) is 0. The molecule has 2 nitrogen and oxygen atoms in total. The summed E-state index contributed by atoms with van der Waals surface area (Å²) in [6.45, 7) is 4.41. The van der Waals surface area contributed by atoms with Gasteiger partial charge < -0.3 is 5.48 Å². The molecule has 9 heavy (non-hydrogen) atoms. The van der Waals surface area contributed by atoms with Crippen LogP contribution in [0.15, 0.2) is 12.7 Å². The summed E-state index contributed by atoms with van der Waals surface area (Å²) in [6, 6.07) is 2.61. The normalized spacial score (nSPS) is 9.00. The molecule has 0 aliphatic carbocycles. The average Bonchev–Trinajstić information content (AvgIpc) is 1.67. The van der Waals surface area contributed by atoms with E-state index in [-0.39, 0.29) is 5.48 Å². The van der Waals surface area contributed by atoms with Gasteiger partial charge in [-0.05, 0) is 6.08 Å². The molecule has 0 saturated heterocycles. The highest BCUT2D eigenvalue weighted by Crippen LogP contribution is 1.90. The van der Waals surface area contributed by atoms with Gasteiger partial charge in [0.15, 0.2) is 0 Å². The van der Waals surface area contributed by atoms with Gasteiger partial charge in [-0.1, -0.05) is 13.0 Å². The Kier molecular flexibility index (Phi) is 5.09. The number of likely N-dealkylation sites (N-methyl/N-ethyl adjacent to an activating group) is 1. The van der Waals surface area contributed by atoms with Crippen molar-refractivity contribution in [2.45, 2.75) is 0 Å². The lowest BCUT2D eigenvalue weighted by Gasteiger charge is -2.17. The highest BCUT2D eigenvalue weighted by atomic mass is 16.0. The van der Waals surface area contributed by atoms with Crippen LogP contribution in [0.1, 0.15) is 0 Å². The fraction of sp³-hybridized carbons (Fsp3) is 0.429. The van der Waals surface area contributed by atoms with E-state index in [1.165, 1.54) is 0 Å². The quantitative estimate of drug-likeness (QED) is 0.285. The van der Waals surface area contributed by atoms with Crippen LogP contribution in [-0.2, 0) is 0 Å². The maximum atomic E-state index is 5.17. The summed E-state index contributed by atoms with van der Waals surface area (Å²) in [5.74, 6) is 0. The Hall–Kier alpha value is -0.780. The van der Waals surface area contributed by atoms with Crippen molar-refractivity contribution in [3.8, 4) is 12.5 Å². The SMILES string of the molecule is C#C[N+](C)(C)CC=C.O. The zero-order valence-corrected chi connectivity index (χ0v) is 6.02. The Bertz CT molecular complexity index is 121. The van der Waals surface area contributed by atoms with Crippen molar-refractivity contribution in [3.05, 3.63) is 12.7 Å². The van der Waals surface area contributed by atoms with Crippen LogP contribution in [-0.4, -0.2) is 30.6 Å². The molecule has 52 valence electrons. The molecule has 0 heterocycles. The van der Waals surface area contributed by atoms with Gasteiger partial charge in [0.25, 0.3) is 0 Å². The Morgan fingerprint density at radius 1 is 1.67 bits per heavy atom. The first-order chi connectivity index (χ1) is 3.62. The van der Waals surface area contributed by atoms with Crippen molar-refractivity contribution in [1.82, 2.24) is 0 Å². The summed E-state index contributed by atoms with van der Waals surface area (Å²) in [6.07, 6.45) is 6.99. The lowest BCUT2D eigenvalue weighted by atomic mass is 10.5. The van der Waals surface area contributed by atoms with Gasteiger partial charge in [0.05, 0.1) is 14.1 Å². The Labute approximate surface area is 56.7 Å². The molecule has 0 atom stereocenters. The van der Waals surface area contributed by atoms with Crippen LogP contribution in [0, 0.1) is 12.5 Å². The molecule has 0 aromatic rings. The largest absolute Gasteiger partial charge is 0.412 e. The Morgan fingerprint density at radius 2 is 2.11 bits per heavy atom. The second-order valence-electron chi connectivity index (χ2n) is 2.29. The molecule has 2 N–H and O–H groups in total. The summed E-state index contributed by atoms with van der Waals surface area (Å²) >= 11 is 0. The number of hydrogen-bond acceptors (Lipinski definition) is 0. The van der Waals surface area contributed by atoms with Crippen molar-refractivity contribution in [2.75, 3.05) is 20.6 Å². The second kappa shape index (κ2) is 4.13. The van der Waals surface area contributed by atoms with E-state index < -0.39 is 0 Å². The number of nitrogens with zero attached hydrogens (tertiary/aromatic N) is 1. The van der Waals surface area contributed by atoms with Gasteiger partial charge in [0.2, 0.25) is 0 Å². The number of terminal acetylenes is 1. The fourth-order valence-electron chi connectivity index (χ4n) is 0.375. The first-order valence-corrected chi connectivity index (χ1v) is 2.54. The van der Waals surface area contributed by atoms with E-state index in [1.54, 1.807) is 0 Å². The van der Waals surface area contributed by atoms with Crippen molar-refractivity contribution < 1.29 is 9.96 Å². The van der Waals surface area contributed by atoms with E-state index in [1.807, 2.05) is 20.2 Å².